The fraction of sp³-hybridized carbons (Fsp3) is 0.111. The summed E-state index contributed by atoms with van der Waals surface area (Å²) >= 11 is 0. The molecule has 0 aliphatic heterocycles. The number of halogens is 2. The molecule has 3 aromatic rings. The van der Waals surface area contributed by atoms with Crippen LogP contribution in [0.15, 0.2) is 70.4 Å². The Hall–Kier alpha value is -3.02. The van der Waals surface area contributed by atoms with Crippen molar-refractivity contribution >= 4 is 0 Å². The van der Waals surface area contributed by atoms with Crippen molar-refractivity contribution in [3.63, 3.8) is 0 Å². The molecule has 3 rings (SSSR count). The van der Waals surface area contributed by atoms with Gasteiger partial charge in [-0.15, -0.1) is 0 Å². The standard InChI is InChI=1S/C18H14F2N2O2/c19-15-5-1-13(2-6-15)11-21-10-9-17(23)22(18(21)24)12-14-3-7-16(20)8-4-14/h1-10H,11-12H2. The van der Waals surface area contributed by atoms with E-state index in [0.29, 0.717) is 5.56 Å². The van der Waals surface area contributed by atoms with Gasteiger partial charge in [-0.2, -0.15) is 0 Å². The number of hydrogen-bond donors (Lipinski definition) is 0. The average Bonchev–Trinajstić information content (AvgIpc) is 2.58. The Bertz CT molecular complexity index is 958. The number of benzene rings is 2. The van der Waals surface area contributed by atoms with E-state index in [2.05, 4.69) is 0 Å². The van der Waals surface area contributed by atoms with Crippen molar-refractivity contribution in [3.8, 4) is 0 Å². The zero-order chi connectivity index (χ0) is 17.1. The van der Waals surface area contributed by atoms with E-state index in [1.165, 1.54) is 53.2 Å². The van der Waals surface area contributed by atoms with Gasteiger partial charge in [-0.25, -0.2) is 13.6 Å². The van der Waals surface area contributed by atoms with Crippen molar-refractivity contribution in [2.45, 2.75) is 13.1 Å². The van der Waals surface area contributed by atoms with Gasteiger partial charge in [-0.1, -0.05) is 24.3 Å². The van der Waals surface area contributed by atoms with E-state index in [-0.39, 0.29) is 24.7 Å². The fourth-order valence-electron chi connectivity index (χ4n) is 2.38. The van der Waals surface area contributed by atoms with Crippen LogP contribution < -0.4 is 11.2 Å². The maximum atomic E-state index is 13.0. The van der Waals surface area contributed by atoms with Crippen LogP contribution in [0, 0.1) is 11.6 Å². The van der Waals surface area contributed by atoms with Crippen LogP contribution in [0.2, 0.25) is 0 Å². The molecule has 1 heterocycles. The van der Waals surface area contributed by atoms with Gasteiger partial charge >= 0.3 is 5.69 Å². The first-order valence-electron chi connectivity index (χ1n) is 7.32. The Morgan fingerprint density at radius 3 is 1.75 bits per heavy atom. The minimum absolute atomic E-state index is 0.0577. The second kappa shape index (κ2) is 6.62. The highest BCUT2D eigenvalue weighted by molar-refractivity contribution is 5.18. The molecular weight excluding hydrogens is 314 g/mol. The van der Waals surface area contributed by atoms with Crippen molar-refractivity contribution in [3.05, 3.63) is 104 Å². The summed E-state index contributed by atoms with van der Waals surface area (Å²) in [6, 6.07) is 12.7. The molecule has 0 saturated heterocycles. The van der Waals surface area contributed by atoms with Crippen LogP contribution in [-0.4, -0.2) is 9.13 Å². The van der Waals surface area contributed by atoms with Gasteiger partial charge in [0.1, 0.15) is 11.6 Å². The van der Waals surface area contributed by atoms with Crippen LogP contribution in [0.3, 0.4) is 0 Å². The topological polar surface area (TPSA) is 44.0 Å². The molecule has 0 aliphatic rings. The fourth-order valence-corrected chi connectivity index (χ4v) is 2.38. The summed E-state index contributed by atoms with van der Waals surface area (Å²) in [5.41, 5.74) is 0.483. The van der Waals surface area contributed by atoms with Gasteiger partial charge < -0.3 is 0 Å². The largest absolute Gasteiger partial charge is 0.331 e. The highest BCUT2D eigenvalue weighted by atomic mass is 19.1. The summed E-state index contributed by atoms with van der Waals surface area (Å²) in [6.07, 6.45) is 1.41. The molecule has 0 amide bonds. The third-order valence-corrected chi connectivity index (χ3v) is 3.66. The number of rotatable bonds is 4. The molecule has 0 fully saturated rings. The summed E-state index contributed by atoms with van der Waals surface area (Å²) in [5, 5.41) is 0. The van der Waals surface area contributed by atoms with E-state index in [1.54, 1.807) is 12.1 Å². The zero-order valence-corrected chi connectivity index (χ0v) is 12.7. The monoisotopic (exact) mass is 328 g/mol. The Balaban J connectivity index is 1.92. The molecule has 0 atom stereocenters. The molecule has 0 unspecified atom stereocenters. The van der Waals surface area contributed by atoms with Crippen LogP contribution in [-0.2, 0) is 13.1 Å². The number of aromatic nitrogens is 2. The van der Waals surface area contributed by atoms with Crippen molar-refractivity contribution in [1.29, 1.82) is 0 Å². The van der Waals surface area contributed by atoms with E-state index in [4.69, 9.17) is 0 Å². The molecule has 2 aromatic carbocycles. The van der Waals surface area contributed by atoms with Crippen molar-refractivity contribution < 1.29 is 8.78 Å². The quantitative estimate of drug-likeness (QED) is 0.738. The zero-order valence-electron chi connectivity index (χ0n) is 12.7. The molecule has 4 nitrogen and oxygen atoms in total. The summed E-state index contributed by atoms with van der Waals surface area (Å²) < 4.78 is 28.4. The lowest BCUT2D eigenvalue weighted by atomic mass is 10.2. The van der Waals surface area contributed by atoms with Gasteiger partial charge in [0.05, 0.1) is 13.1 Å². The first kappa shape index (κ1) is 15.9. The van der Waals surface area contributed by atoms with E-state index < -0.39 is 11.2 Å². The molecule has 6 heteroatoms. The molecule has 0 radical (unpaired) electrons. The van der Waals surface area contributed by atoms with E-state index >= 15 is 0 Å². The molecule has 0 aliphatic carbocycles. The second-order valence-corrected chi connectivity index (χ2v) is 5.40. The molecule has 0 bridgehead atoms. The highest BCUT2D eigenvalue weighted by Crippen LogP contribution is 2.05. The molecular formula is C18H14F2N2O2. The molecule has 24 heavy (non-hydrogen) atoms. The molecule has 0 spiro atoms. The first-order valence-corrected chi connectivity index (χ1v) is 7.32. The summed E-state index contributed by atoms with van der Waals surface area (Å²) in [7, 11) is 0. The Labute approximate surface area is 136 Å². The molecule has 122 valence electrons. The van der Waals surface area contributed by atoms with Crippen LogP contribution >= 0.6 is 0 Å². The molecule has 0 saturated carbocycles. The lowest BCUT2D eigenvalue weighted by molar-refractivity contribution is 0.604. The maximum absolute atomic E-state index is 13.0. The summed E-state index contributed by atoms with van der Waals surface area (Å²) in [5.74, 6) is -0.736. The normalized spacial score (nSPS) is 10.8. The number of nitrogens with zero attached hydrogens (tertiary/aromatic N) is 2. The van der Waals surface area contributed by atoms with Crippen molar-refractivity contribution in [2.24, 2.45) is 0 Å². The number of hydrogen-bond acceptors (Lipinski definition) is 2. The van der Waals surface area contributed by atoms with Crippen LogP contribution in [0.5, 0.6) is 0 Å². The van der Waals surface area contributed by atoms with Crippen molar-refractivity contribution in [1.82, 2.24) is 9.13 Å². The predicted octanol–water partition coefficient (Wildman–Crippen LogP) is 2.38. The van der Waals surface area contributed by atoms with Gasteiger partial charge in [0.15, 0.2) is 0 Å². The van der Waals surface area contributed by atoms with E-state index in [0.717, 1.165) is 10.1 Å². The first-order chi connectivity index (χ1) is 11.5. The minimum Gasteiger partial charge on any atom is -0.296 e. The summed E-state index contributed by atoms with van der Waals surface area (Å²) in [4.78, 5) is 24.5. The van der Waals surface area contributed by atoms with Gasteiger partial charge in [0.25, 0.3) is 5.56 Å². The van der Waals surface area contributed by atoms with E-state index in [1.807, 2.05) is 0 Å². The SMILES string of the molecule is O=c1ccn(Cc2ccc(F)cc2)c(=O)n1Cc1ccc(F)cc1. The lowest BCUT2D eigenvalue weighted by Crippen LogP contribution is -2.39. The molecule has 0 N–H and O–H groups in total. The van der Waals surface area contributed by atoms with E-state index in [9.17, 15) is 18.4 Å². The summed E-state index contributed by atoms with van der Waals surface area (Å²) in [6.45, 7) is 0.283. The lowest BCUT2D eigenvalue weighted by Gasteiger charge is -2.10. The van der Waals surface area contributed by atoms with Gasteiger partial charge in [-0.05, 0) is 35.4 Å². The van der Waals surface area contributed by atoms with Gasteiger partial charge in [-0.3, -0.25) is 13.9 Å². The highest BCUT2D eigenvalue weighted by Gasteiger charge is 2.07. The Morgan fingerprint density at radius 1 is 0.708 bits per heavy atom. The van der Waals surface area contributed by atoms with Crippen LogP contribution in [0.25, 0.3) is 0 Å². The maximum Gasteiger partial charge on any atom is 0.331 e. The van der Waals surface area contributed by atoms with Crippen molar-refractivity contribution in [2.75, 3.05) is 0 Å². The second-order valence-electron chi connectivity index (χ2n) is 5.40. The van der Waals surface area contributed by atoms with Crippen LogP contribution in [0.1, 0.15) is 11.1 Å². The predicted molar refractivity (Wildman–Crippen MR) is 86.0 cm³/mol. The van der Waals surface area contributed by atoms with Gasteiger partial charge in [0.2, 0.25) is 0 Å². The minimum atomic E-state index is -0.476. The third-order valence-electron chi connectivity index (χ3n) is 3.66. The van der Waals surface area contributed by atoms with Gasteiger partial charge in [0, 0.05) is 12.3 Å². The Kier molecular flexibility index (Phi) is 4.37. The smallest absolute Gasteiger partial charge is 0.296 e. The van der Waals surface area contributed by atoms with Crippen LogP contribution in [0.4, 0.5) is 8.78 Å². The molecule has 1 aromatic heterocycles. The Morgan fingerprint density at radius 2 is 1.21 bits per heavy atom. The average molecular weight is 328 g/mol. The third kappa shape index (κ3) is 3.48.